The fourth-order valence-electron chi connectivity index (χ4n) is 3.37. The molecule has 0 amide bonds. The third-order valence-corrected chi connectivity index (χ3v) is 6.74. The molecule has 218 valence electrons. The summed E-state index contributed by atoms with van der Waals surface area (Å²) in [5, 5.41) is 24.1. The Labute approximate surface area is 237 Å². The summed E-state index contributed by atoms with van der Waals surface area (Å²) in [6.07, 6.45) is -5.08. The maximum Gasteiger partial charge on any atom is 0.490 e. The second kappa shape index (κ2) is 12.9. The molecular weight excluding hydrogens is 579 g/mol. The Hall–Kier alpha value is -5.37. The number of hydrogen-bond donors (Lipinski definition) is 5. The molecule has 0 aliphatic rings. The fourth-order valence-corrected chi connectivity index (χ4v) is 4.44. The number of halogens is 3. The first-order chi connectivity index (χ1) is 19.7. The van der Waals surface area contributed by atoms with Crippen LogP contribution in [0.25, 0.3) is 11.1 Å². The van der Waals surface area contributed by atoms with Crippen LogP contribution in [0.15, 0.2) is 102 Å². The molecule has 14 heteroatoms. The van der Waals surface area contributed by atoms with Crippen LogP contribution in [0.5, 0.6) is 11.5 Å². The molecule has 4 rings (SSSR count). The van der Waals surface area contributed by atoms with Crippen molar-refractivity contribution in [2.75, 3.05) is 4.72 Å². The van der Waals surface area contributed by atoms with Crippen molar-refractivity contribution in [3.63, 3.8) is 0 Å². The summed E-state index contributed by atoms with van der Waals surface area (Å²) in [6, 6.07) is 25.6. The summed E-state index contributed by atoms with van der Waals surface area (Å²) in [5.74, 6) is -3.07. The van der Waals surface area contributed by atoms with Gasteiger partial charge in [-0.05, 0) is 72.3 Å². The number of aromatic carboxylic acids is 1. The van der Waals surface area contributed by atoms with Crippen LogP contribution in [0.3, 0.4) is 0 Å². The lowest BCUT2D eigenvalue weighted by Gasteiger charge is -2.15. The zero-order chi connectivity index (χ0) is 31.1. The van der Waals surface area contributed by atoms with Gasteiger partial charge in [0.25, 0.3) is 10.0 Å². The lowest BCUT2D eigenvalue weighted by atomic mass is 10.0. The summed E-state index contributed by atoms with van der Waals surface area (Å²) in [5.41, 5.74) is 7.41. The number of carbonyl (C=O) groups is 2. The zero-order valence-electron chi connectivity index (χ0n) is 21.3. The third kappa shape index (κ3) is 8.32. The number of nitrogens with one attached hydrogen (secondary N) is 2. The molecule has 0 atom stereocenters. The maximum absolute atomic E-state index is 12.8. The quantitative estimate of drug-likeness (QED) is 0.129. The van der Waals surface area contributed by atoms with Crippen LogP contribution in [0, 0.1) is 5.41 Å². The van der Waals surface area contributed by atoms with Gasteiger partial charge in [-0.2, -0.15) is 13.2 Å². The average Bonchev–Trinajstić information content (AvgIpc) is 2.94. The summed E-state index contributed by atoms with van der Waals surface area (Å²) in [7, 11) is -3.84. The Balaban J connectivity index is 0.000000616. The lowest BCUT2D eigenvalue weighted by Crippen LogP contribution is -2.21. The summed E-state index contributed by atoms with van der Waals surface area (Å²) < 4.78 is 65.9. The van der Waals surface area contributed by atoms with Crippen molar-refractivity contribution in [1.29, 1.82) is 5.41 Å². The number of amidine groups is 1. The molecule has 0 aromatic heterocycles. The zero-order valence-corrected chi connectivity index (χ0v) is 22.1. The van der Waals surface area contributed by atoms with Gasteiger partial charge in [0, 0.05) is 16.8 Å². The van der Waals surface area contributed by atoms with Crippen LogP contribution in [0.2, 0.25) is 0 Å². The van der Waals surface area contributed by atoms with Gasteiger partial charge in [0.2, 0.25) is 0 Å². The fraction of sp³-hybridized carbons (Fsp3) is 0.0357. The Morgan fingerprint density at radius 2 is 1.45 bits per heavy atom. The monoisotopic (exact) mass is 601 g/mol. The SMILES string of the molecule is N=C(N)c1ccc(Oc2ccc(NS(=O)(=O)c3ccccc3)cc2-c2cccc(C(=O)O)c2)cc1.O=C(O)C(F)(F)F. The summed E-state index contributed by atoms with van der Waals surface area (Å²) in [4.78, 5) is 20.5. The highest BCUT2D eigenvalue weighted by Crippen LogP contribution is 2.36. The van der Waals surface area contributed by atoms with Gasteiger partial charge < -0.3 is 20.7 Å². The molecule has 0 heterocycles. The van der Waals surface area contributed by atoms with E-state index in [2.05, 4.69) is 4.72 Å². The Morgan fingerprint density at radius 1 is 0.833 bits per heavy atom. The molecule has 0 spiro atoms. The minimum absolute atomic E-state index is 0.0715. The van der Waals surface area contributed by atoms with E-state index in [4.69, 9.17) is 25.8 Å². The molecule has 0 unspecified atom stereocenters. The van der Waals surface area contributed by atoms with Gasteiger partial charge in [0.05, 0.1) is 10.5 Å². The number of aliphatic carboxylic acids is 1. The van der Waals surface area contributed by atoms with Crippen LogP contribution in [0.4, 0.5) is 18.9 Å². The molecule has 0 saturated heterocycles. The van der Waals surface area contributed by atoms with Gasteiger partial charge in [-0.25, -0.2) is 18.0 Å². The van der Waals surface area contributed by atoms with E-state index in [0.717, 1.165) is 0 Å². The number of alkyl halides is 3. The predicted octanol–water partition coefficient (Wildman–Crippen LogP) is 5.56. The molecule has 4 aromatic carbocycles. The van der Waals surface area contributed by atoms with E-state index in [1.165, 1.54) is 24.3 Å². The van der Waals surface area contributed by atoms with E-state index in [0.29, 0.717) is 28.2 Å². The van der Waals surface area contributed by atoms with Crippen molar-refractivity contribution < 1.29 is 46.1 Å². The van der Waals surface area contributed by atoms with Crippen molar-refractivity contribution in [3.05, 3.63) is 108 Å². The van der Waals surface area contributed by atoms with E-state index in [1.807, 2.05) is 0 Å². The van der Waals surface area contributed by atoms with Gasteiger partial charge >= 0.3 is 18.1 Å². The van der Waals surface area contributed by atoms with Crippen molar-refractivity contribution in [3.8, 4) is 22.6 Å². The first-order valence-electron chi connectivity index (χ1n) is 11.7. The Kier molecular flexibility index (Phi) is 9.55. The van der Waals surface area contributed by atoms with Crippen LogP contribution in [-0.4, -0.2) is 42.6 Å². The highest BCUT2D eigenvalue weighted by molar-refractivity contribution is 7.92. The first kappa shape index (κ1) is 31.2. The number of nitrogens with two attached hydrogens (primary N) is 1. The number of sulfonamides is 1. The molecule has 0 aliphatic carbocycles. The van der Waals surface area contributed by atoms with Crippen molar-refractivity contribution >= 4 is 33.5 Å². The number of carboxylic acids is 2. The molecule has 0 aliphatic heterocycles. The van der Waals surface area contributed by atoms with E-state index in [9.17, 15) is 31.5 Å². The number of hydrogen-bond acceptors (Lipinski definition) is 6. The van der Waals surface area contributed by atoms with Crippen LogP contribution in [0.1, 0.15) is 15.9 Å². The van der Waals surface area contributed by atoms with E-state index in [1.54, 1.807) is 72.8 Å². The highest BCUT2D eigenvalue weighted by Gasteiger charge is 2.38. The largest absolute Gasteiger partial charge is 0.490 e. The van der Waals surface area contributed by atoms with Gasteiger partial charge in [-0.1, -0.05) is 30.3 Å². The topological polar surface area (TPSA) is 180 Å². The standard InChI is InChI=1S/C26H21N3O5S.C2HF3O2/c27-25(28)17-9-12-21(13-10-17)34-24-14-11-20(29-35(32,33)22-7-2-1-3-8-22)16-23(24)18-5-4-6-19(15-18)26(30)31;3-2(4,5)1(6)7/h1-16,29H,(H3,27,28)(H,30,31);(H,6,7). The Bertz CT molecular complexity index is 1710. The number of rotatable bonds is 8. The molecule has 6 N–H and O–H groups in total. The molecule has 0 radical (unpaired) electrons. The van der Waals surface area contributed by atoms with Gasteiger partial charge in [-0.15, -0.1) is 0 Å². The molecule has 0 fully saturated rings. The summed E-state index contributed by atoms with van der Waals surface area (Å²) >= 11 is 0. The van der Waals surface area contributed by atoms with Crippen LogP contribution < -0.4 is 15.2 Å². The minimum Gasteiger partial charge on any atom is -0.478 e. The van der Waals surface area contributed by atoms with E-state index >= 15 is 0 Å². The van der Waals surface area contributed by atoms with Crippen LogP contribution in [-0.2, 0) is 14.8 Å². The third-order valence-electron chi connectivity index (χ3n) is 5.34. The first-order valence-corrected chi connectivity index (χ1v) is 13.1. The number of benzene rings is 4. The number of nitrogen functional groups attached to an aromatic ring is 1. The average molecular weight is 602 g/mol. The smallest absolute Gasteiger partial charge is 0.478 e. The van der Waals surface area contributed by atoms with E-state index in [-0.39, 0.29) is 22.0 Å². The molecular formula is C28H22F3N3O7S. The molecule has 10 nitrogen and oxygen atoms in total. The highest BCUT2D eigenvalue weighted by atomic mass is 32.2. The van der Waals surface area contributed by atoms with Gasteiger partial charge in [0.15, 0.2) is 0 Å². The van der Waals surface area contributed by atoms with Gasteiger partial charge in [-0.3, -0.25) is 10.1 Å². The van der Waals surface area contributed by atoms with Crippen LogP contribution >= 0.6 is 0 Å². The summed E-state index contributed by atoms with van der Waals surface area (Å²) in [6.45, 7) is 0. The van der Waals surface area contributed by atoms with Crippen molar-refractivity contribution in [2.24, 2.45) is 5.73 Å². The van der Waals surface area contributed by atoms with Gasteiger partial charge in [0.1, 0.15) is 17.3 Å². The number of ether oxygens (including phenoxy) is 1. The molecule has 42 heavy (non-hydrogen) atoms. The minimum atomic E-state index is -5.08. The molecule has 0 bridgehead atoms. The molecule has 0 saturated carbocycles. The number of carboxylic acid groups (broad SMARTS) is 2. The van der Waals surface area contributed by atoms with Crippen molar-refractivity contribution in [1.82, 2.24) is 0 Å². The molecule has 4 aromatic rings. The van der Waals surface area contributed by atoms with E-state index < -0.39 is 28.1 Å². The predicted molar refractivity (Wildman–Crippen MR) is 147 cm³/mol. The Morgan fingerprint density at radius 3 is 2.00 bits per heavy atom. The number of anilines is 1. The maximum atomic E-state index is 12.8. The van der Waals surface area contributed by atoms with Crippen molar-refractivity contribution in [2.45, 2.75) is 11.1 Å². The lowest BCUT2D eigenvalue weighted by molar-refractivity contribution is -0.192. The second-order valence-electron chi connectivity index (χ2n) is 8.36. The second-order valence-corrected chi connectivity index (χ2v) is 10.0. The normalized spacial score (nSPS) is 11.0.